The molecular weight excluding hydrogens is 203 g/mol. The lowest BCUT2D eigenvalue weighted by Gasteiger charge is -2.31. The quantitative estimate of drug-likeness (QED) is 0.772. The molecule has 0 amide bonds. The minimum Gasteiger partial charge on any atom is -0.314 e. The lowest BCUT2D eigenvalue weighted by atomic mass is 9.85. The lowest BCUT2D eigenvalue weighted by molar-refractivity contribution is -0.183. The minimum absolute atomic E-state index is 0.103. The van der Waals surface area contributed by atoms with Gasteiger partial charge in [0.05, 0.1) is 5.92 Å². The zero-order valence-corrected chi connectivity index (χ0v) is 8.82. The Kier molecular flexibility index (Phi) is 3.24. The fraction of sp³-hybridized carbons (Fsp3) is 1.00. The molecule has 2 aliphatic carbocycles. The van der Waals surface area contributed by atoms with Crippen LogP contribution in [0.4, 0.5) is 13.2 Å². The van der Waals surface area contributed by atoms with E-state index in [0.29, 0.717) is 12.8 Å². The van der Waals surface area contributed by atoms with Gasteiger partial charge in [0.25, 0.3) is 0 Å². The van der Waals surface area contributed by atoms with Gasteiger partial charge in [-0.1, -0.05) is 6.42 Å². The number of nitrogens with one attached hydrogen (secondary N) is 1. The van der Waals surface area contributed by atoms with Crippen LogP contribution in [0.5, 0.6) is 0 Å². The second kappa shape index (κ2) is 4.32. The van der Waals surface area contributed by atoms with Crippen molar-refractivity contribution in [1.29, 1.82) is 0 Å². The van der Waals surface area contributed by atoms with Gasteiger partial charge in [-0.3, -0.25) is 0 Å². The van der Waals surface area contributed by atoms with Gasteiger partial charge in [0.2, 0.25) is 0 Å². The van der Waals surface area contributed by atoms with Gasteiger partial charge in [-0.15, -0.1) is 0 Å². The molecule has 0 aliphatic heterocycles. The molecule has 4 heteroatoms. The van der Waals surface area contributed by atoms with Gasteiger partial charge in [-0.2, -0.15) is 13.2 Å². The predicted molar refractivity (Wildman–Crippen MR) is 52.5 cm³/mol. The van der Waals surface area contributed by atoms with Crippen molar-refractivity contribution in [1.82, 2.24) is 5.32 Å². The van der Waals surface area contributed by atoms with Crippen molar-refractivity contribution >= 4 is 0 Å². The highest BCUT2D eigenvalue weighted by Crippen LogP contribution is 2.37. The SMILES string of the molecule is FC(F)(F)C1CCCC(NCC2CC2)C1. The van der Waals surface area contributed by atoms with Crippen LogP contribution in [0.25, 0.3) is 0 Å². The molecular formula is C11H18F3N. The summed E-state index contributed by atoms with van der Waals surface area (Å²) >= 11 is 0. The van der Waals surface area contributed by atoms with Gasteiger partial charge in [-0.05, 0) is 44.6 Å². The average molecular weight is 221 g/mol. The maximum absolute atomic E-state index is 12.5. The Morgan fingerprint density at radius 2 is 1.80 bits per heavy atom. The van der Waals surface area contributed by atoms with Gasteiger partial charge in [0.1, 0.15) is 0 Å². The summed E-state index contributed by atoms with van der Waals surface area (Å²) in [7, 11) is 0. The topological polar surface area (TPSA) is 12.0 Å². The molecule has 2 saturated carbocycles. The van der Waals surface area contributed by atoms with E-state index in [1.807, 2.05) is 0 Å². The fourth-order valence-corrected chi connectivity index (χ4v) is 2.33. The Balaban J connectivity index is 1.75. The first-order valence-electron chi connectivity index (χ1n) is 5.86. The molecule has 88 valence electrons. The number of hydrogen-bond donors (Lipinski definition) is 1. The van der Waals surface area contributed by atoms with E-state index in [9.17, 15) is 13.2 Å². The van der Waals surface area contributed by atoms with E-state index < -0.39 is 12.1 Å². The van der Waals surface area contributed by atoms with Crippen LogP contribution in [-0.2, 0) is 0 Å². The minimum atomic E-state index is -3.99. The van der Waals surface area contributed by atoms with Crippen molar-refractivity contribution < 1.29 is 13.2 Å². The third-order valence-corrected chi connectivity index (χ3v) is 3.53. The number of rotatable bonds is 3. The van der Waals surface area contributed by atoms with Gasteiger partial charge < -0.3 is 5.32 Å². The van der Waals surface area contributed by atoms with Crippen molar-refractivity contribution in [2.45, 2.75) is 50.7 Å². The van der Waals surface area contributed by atoms with Gasteiger partial charge in [-0.25, -0.2) is 0 Å². The summed E-state index contributed by atoms with van der Waals surface area (Å²) in [4.78, 5) is 0. The highest BCUT2D eigenvalue weighted by molar-refractivity contribution is 4.84. The first-order valence-corrected chi connectivity index (χ1v) is 5.86. The summed E-state index contributed by atoms with van der Waals surface area (Å²) in [5, 5.41) is 3.29. The molecule has 2 fully saturated rings. The van der Waals surface area contributed by atoms with Crippen molar-refractivity contribution in [3.63, 3.8) is 0 Å². The van der Waals surface area contributed by atoms with E-state index in [1.54, 1.807) is 0 Å². The van der Waals surface area contributed by atoms with E-state index >= 15 is 0 Å². The second-order valence-electron chi connectivity index (χ2n) is 4.95. The smallest absolute Gasteiger partial charge is 0.314 e. The van der Waals surface area contributed by atoms with Gasteiger partial charge >= 0.3 is 6.18 Å². The number of alkyl halides is 3. The van der Waals surface area contributed by atoms with Gasteiger partial charge in [0, 0.05) is 6.04 Å². The maximum atomic E-state index is 12.5. The third-order valence-electron chi connectivity index (χ3n) is 3.53. The standard InChI is InChI=1S/C11H18F3N/c12-11(13,14)9-2-1-3-10(6-9)15-7-8-4-5-8/h8-10,15H,1-7H2. The number of halogens is 3. The van der Waals surface area contributed by atoms with Crippen molar-refractivity contribution in [2.75, 3.05) is 6.54 Å². The third kappa shape index (κ3) is 3.37. The maximum Gasteiger partial charge on any atom is 0.391 e. The van der Waals surface area contributed by atoms with Crippen LogP contribution in [0.15, 0.2) is 0 Å². The van der Waals surface area contributed by atoms with E-state index in [-0.39, 0.29) is 12.5 Å². The van der Waals surface area contributed by atoms with E-state index in [0.717, 1.165) is 18.9 Å². The molecule has 2 atom stereocenters. The molecule has 0 radical (unpaired) electrons. The largest absolute Gasteiger partial charge is 0.391 e. The molecule has 0 saturated heterocycles. The summed E-state index contributed by atoms with van der Waals surface area (Å²) in [6.07, 6.45) is 0.762. The Morgan fingerprint density at radius 1 is 1.07 bits per heavy atom. The zero-order chi connectivity index (χ0) is 10.9. The van der Waals surface area contributed by atoms with Crippen molar-refractivity contribution in [3.05, 3.63) is 0 Å². The molecule has 2 unspecified atom stereocenters. The normalized spacial score (nSPS) is 33.0. The van der Waals surface area contributed by atoms with Crippen LogP contribution >= 0.6 is 0 Å². The summed E-state index contributed by atoms with van der Waals surface area (Å²) in [6.45, 7) is 0.926. The second-order valence-corrected chi connectivity index (χ2v) is 4.95. The first kappa shape index (κ1) is 11.2. The average Bonchev–Trinajstić information content (AvgIpc) is 2.97. The lowest BCUT2D eigenvalue weighted by Crippen LogP contribution is -2.39. The molecule has 2 aliphatic rings. The molecule has 1 N–H and O–H groups in total. The van der Waals surface area contributed by atoms with Crippen LogP contribution in [0, 0.1) is 11.8 Å². The molecule has 0 bridgehead atoms. The monoisotopic (exact) mass is 221 g/mol. The summed E-state index contributed by atoms with van der Waals surface area (Å²) < 4.78 is 37.5. The number of hydrogen-bond acceptors (Lipinski definition) is 1. The predicted octanol–water partition coefficient (Wildman–Crippen LogP) is 3.11. The van der Waals surface area contributed by atoms with Crippen LogP contribution in [-0.4, -0.2) is 18.8 Å². The van der Waals surface area contributed by atoms with Crippen molar-refractivity contribution in [3.8, 4) is 0 Å². The molecule has 0 aromatic heterocycles. The molecule has 0 spiro atoms. The summed E-state index contributed by atoms with van der Waals surface area (Å²) in [6, 6.07) is 0.103. The fourth-order valence-electron chi connectivity index (χ4n) is 2.33. The van der Waals surface area contributed by atoms with Crippen LogP contribution < -0.4 is 5.32 Å². The van der Waals surface area contributed by atoms with E-state index in [1.165, 1.54) is 12.8 Å². The summed E-state index contributed by atoms with van der Waals surface area (Å²) in [5.41, 5.74) is 0. The highest BCUT2D eigenvalue weighted by atomic mass is 19.4. The molecule has 2 rings (SSSR count). The Bertz CT molecular complexity index is 210. The van der Waals surface area contributed by atoms with Gasteiger partial charge in [0.15, 0.2) is 0 Å². The van der Waals surface area contributed by atoms with E-state index in [4.69, 9.17) is 0 Å². The highest BCUT2D eigenvalue weighted by Gasteiger charge is 2.42. The zero-order valence-electron chi connectivity index (χ0n) is 8.82. The molecule has 0 heterocycles. The van der Waals surface area contributed by atoms with Crippen LogP contribution in [0.2, 0.25) is 0 Å². The van der Waals surface area contributed by atoms with Crippen LogP contribution in [0.1, 0.15) is 38.5 Å². The molecule has 15 heavy (non-hydrogen) atoms. The van der Waals surface area contributed by atoms with E-state index in [2.05, 4.69) is 5.32 Å². The Labute approximate surface area is 88.4 Å². The van der Waals surface area contributed by atoms with Crippen LogP contribution in [0.3, 0.4) is 0 Å². The first-order chi connectivity index (χ1) is 7.05. The Morgan fingerprint density at radius 3 is 2.40 bits per heavy atom. The van der Waals surface area contributed by atoms with Crippen molar-refractivity contribution in [2.24, 2.45) is 11.8 Å². The molecule has 0 aromatic rings. The molecule has 0 aromatic carbocycles. The summed E-state index contributed by atoms with van der Waals surface area (Å²) in [5.74, 6) is -0.320. The molecule has 1 nitrogen and oxygen atoms in total. The Hall–Kier alpha value is -0.250.